The third-order valence-corrected chi connectivity index (χ3v) is 3.10. The number of nitrogens with zero attached hydrogens (tertiary/aromatic N) is 3. The predicted octanol–water partition coefficient (Wildman–Crippen LogP) is -0.0169. The Bertz CT molecular complexity index is 342. The van der Waals surface area contributed by atoms with Gasteiger partial charge >= 0.3 is 6.01 Å². The molecule has 1 unspecified atom stereocenters. The van der Waals surface area contributed by atoms with Crippen LogP contribution in [0.2, 0.25) is 0 Å². The van der Waals surface area contributed by atoms with Gasteiger partial charge in [-0.25, -0.2) is 0 Å². The van der Waals surface area contributed by atoms with Crippen LogP contribution >= 0.6 is 0 Å². The number of piperazine rings is 1. The molecule has 0 amide bonds. The highest BCUT2D eigenvalue weighted by molar-refractivity contribution is 5.25. The van der Waals surface area contributed by atoms with Crippen molar-refractivity contribution in [2.45, 2.75) is 12.3 Å². The van der Waals surface area contributed by atoms with Gasteiger partial charge in [0.2, 0.25) is 5.89 Å². The van der Waals surface area contributed by atoms with Gasteiger partial charge in [0.1, 0.15) is 0 Å². The molecule has 2 aliphatic heterocycles. The first-order valence-electron chi connectivity index (χ1n) is 5.80. The molecule has 16 heavy (non-hydrogen) atoms. The molecule has 6 nitrogen and oxygen atoms in total. The molecule has 0 aliphatic carbocycles. The Hall–Kier alpha value is -1.14. The lowest BCUT2D eigenvalue weighted by atomic mass is 10.1. The lowest BCUT2D eigenvalue weighted by Gasteiger charge is -2.25. The summed E-state index contributed by atoms with van der Waals surface area (Å²) in [6.45, 7) is 5.33. The van der Waals surface area contributed by atoms with Crippen LogP contribution in [0.3, 0.4) is 0 Å². The second-order valence-electron chi connectivity index (χ2n) is 4.22. The standard InChI is InChI=1S/C10H16N4O2/c1-6-15-7-8(1)9-12-13-10(16-9)14-4-2-11-3-5-14/h8,11H,1-7H2. The average molecular weight is 224 g/mol. The van der Waals surface area contributed by atoms with E-state index in [9.17, 15) is 0 Å². The van der Waals surface area contributed by atoms with Gasteiger partial charge in [0.25, 0.3) is 0 Å². The fourth-order valence-electron chi connectivity index (χ4n) is 2.10. The molecule has 0 bridgehead atoms. The van der Waals surface area contributed by atoms with Gasteiger partial charge in [-0.2, -0.15) is 0 Å². The first-order valence-corrected chi connectivity index (χ1v) is 5.80. The minimum atomic E-state index is 0.296. The van der Waals surface area contributed by atoms with Crippen molar-refractivity contribution < 1.29 is 9.15 Å². The summed E-state index contributed by atoms with van der Waals surface area (Å²) < 4.78 is 11.0. The lowest BCUT2D eigenvalue weighted by molar-refractivity contribution is 0.190. The Morgan fingerprint density at radius 3 is 2.88 bits per heavy atom. The molecule has 0 spiro atoms. The summed E-state index contributed by atoms with van der Waals surface area (Å²) in [4.78, 5) is 2.13. The quantitative estimate of drug-likeness (QED) is 0.762. The second kappa shape index (κ2) is 4.39. The van der Waals surface area contributed by atoms with E-state index in [-0.39, 0.29) is 0 Å². The summed E-state index contributed by atoms with van der Waals surface area (Å²) in [5.41, 5.74) is 0. The van der Waals surface area contributed by atoms with Crippen LogP contribution in [0.25, 0.3) is 0 Å². The van der Waals surface area contributed by atoms with Gasteiger partial charge in [0.15, 0.2) is 0 Å². The number of hydrogen-bond acceptors (Lipinski definition) is 6. The molecule has 2 fully saturated rings. The van der Waals surface area contributed by atoms with Crippen LogP contribution in [0.15, 0.2) is 4.42 Å². The fourth-order valence-corrected chi connectivity index (χ4v) is 2.10. The van der Waals surface area contributed by atoms with Crippen molar-refractivity contribution in [3.63, 3.8) is 0 Å². The molecule has 0 saturated carbocycles. The van der Waals surface area contributed by atoms with Gasteiger partial charge in [0.05, 0.1) is 12.5 Å². The maximum Gasteiger partial charge on any atom is 0.318 e. The Morgan fingerprint density at radius 1 is 1.25 bits per heavy atom. The van der Waals surface area contributed by atoms with Crippen LogP contribution in [-0.4, -0.2) is 49.6 Å². The van der Waals surface area contributed by atoms with Gasteiger partial charge in [-0.15, -0.1) is 5.10 Å². The third kappa shape index (κ3) is 1.90. The van der Waals surface area contributed by atoms with Crippen molar-refractivity contribution in [1.82, 2.24) is 15.5 Å². The van der Waals surface area contributed by atoms with Crippen molar-refractivity contribution in [2.24, 2.45) is 0 Å². The second-order valence-corrected chi connectivity index (χ2v) is 4.22. The Morgan fingerprint density at radius 2 is 2.12 bits per heavy atom. The fraction of sp³-hybridized carbons (Fsp3) is 0.800. The highest BCUT2D eigenvalue weighted by atomic mass is 16.5. The van der Waals surface area contributed by atoms with E-state index in [1.807, 2.05) is 0 Å². The van der Waals surface area contributed by atoms with Crippen molar-refractivity contribution >= 4 is 6.01 Å². The first-order chi connectivity index (χ1) is 7.93. The van der Waals surface area contributed by atoms with Gasteiger partial charge < -0.3 is 19.4 Å². The molecule has 88 valence electrons. The normalized spacial score (nSPS) is 26.2. The van der Waals surface area contributed by atoms with Gasteiger partial charge in [-0.3, -0.25) is 0 Å². The van der Waals surface area contributed by atoms with Gasteiger partial charge in [-0.05, 0) is 6.42 Å². The summed E-state index contributed by atoms with van der Waals surface area (Å²) in [7, 11) is 0. The minimum absolute atomic E-state index is 0.296. The smallest absolute Gasteiger partial charge is 0.318 e. The molecule has 0 aromatic carbocycles. The van der Waals surface area contributed by atoms with Crippen LogP contribution in [0.4, 0.5) is 6.01 Å². The van der Waals surface area contributed by atoms with Gasteiger partial charge in [0, 0.05) is 32.8 Å². The van der Waals surface area contributed by atoms with E-state index < -0.39 is 0 Å². The predicted molar refractivity (Wildman–Crippen MR) is 57.6 cm³/mol. The van der Waals surface area contributed by atoms with Crippen LogP contribution in [0.1, 0.15) is 18.2 Å². The maximum atomic E-state index is 5.70. The van der Waals surface area contributed by atoms with E-state index in [0.29, 0.717) is 18.5 Å². The molecule has 6 heteroatoms. The molecule has 0 radical (unpaired) electrons. The highest BCUT2D eigenvalue weighted by Crippen LogP contribution is 2.26. The van der Waals surface area contributed by atoms with E-state index in [0.717, 1.165) is 45.1 Å². The molecule has 3 rings (SSSR count). The molecular formula is C10H16N4O2. The Kier molecular flexibility index (Phi) is 2.75. The molecule has 1 aromatic heterocycles. The van der Waals surface area contributed by atoms with E-state index in [4.69, 9.17) is 9.15 Å². The summed E-state index contributed by atoms with van der Waals surface area (Å²) in [5, 5.41) is 11.5. The number of anilines is 1. The molecule has 3 heterocycles. The number of aromatic nitrogens is 2. The zero-order valence-electron chi connectivity index (χ0n) is 9.19. The van der Waals surface area contributed by atoms with Crippen molar-refractivity contribution in [2.75, 3.05) is 44.3 Å². The lowest BCUT2D eigenvalue weighted by Crippen LogP contribution is -2.43. The van der Waals surface area contributed by atoms with Crippen molar-refractivity contribution in [1.29, 1.82) is 0 Å². The highest BCUT2D eigenvalue weighted by Gasteiger charge is 2.25. The maximum absolute atomic E-state index is 5.70. The SMILES string of the molecule is C1CN(c2nnc(C3CCOC3)o2)CCN1. The Labute approximate surface area is 94.0 Å². The first kappa shape index (κ1) is 10.0. The molecule has 1 atom stereocenters. The van der Waals surface area contributed by atoms with Crippen LogP contribution in [0, 0.1) is 0 Å². The molecule has 2 aliphatic rings. The van der Waals surface area contributed by atoms with E-state index in [1.165, 1.54) is 0 Å². The molecule has 1 N–H and O–H groups in total. The number of nitrogens with one attached hydrogen (secondary N) is 1. The van der Waals surface area contributed by atoms with Crippen LogP contribution in [-0.2, 0) is 4.74 Å². The topological polar surface area (TPSA) is 63.4 Å². The molecular weight excluding hydrogens is 208 g/mol. The van der Waals surface area contributed by atoms with E-state index >= 15 is 0 Å². The largest absolute Gasteiger partial charge is 0.408 e. The summed E-state index contributed by atoms with van der Waals surface area (Å²) >= 11 is 0. The van der Waals surface area contributed by atoms with Crippen molar-refractivity contribution in [3.8, 4) is 0 Å². The number of hydrogen-bond donors (Lipinski definition) is 1. The monoisotopic (exact) mass is 224 g/mol. The minimum Gasteiger partial charge on any atom is -0.408 e. The summed E-state index contributed by atoms with van der Waals surface area (Å²) in [5.74, 6) is 1.02. The van der Waals surface area contributed by atoms with Gasteiger partial charge in [-0.1, -0.05) is 5.10 Å². The third-order valence-electron chi connectivity index (χ3n) is 3.10. The Balaban J connectivity index is 1.71. The summed E-state index contributed by atoms with van der Waals surface area (Å²) in [6, 6.07) is 0.656. The van der Waals surface area contributed by atoms with E-state index in [2.05, 4.69) is 20.4 Å². The van der Waals surface area contributed by atoms with Crippen LogP contribution < -0.4 is 10.2 Å². The van der Waals surface area contributed by atoms with E-state index in [1.54, 1.807) is 0 Å². The number of ether oxygens (including phenoxy) is 1. The summed E-state index contributed by atoms with van der Waals surface area (Å²) in [6.07, 6.45) is 0.989. The zero-order chi connectivity index (χ0) is 10.8. The number of rotatable bonds is 2. The van der Waals surface area contributed by atoms with Crippen molar-refractivity contribution in [3.05, 3.63) is 5.89 Å². The average Bonchev–Trinajstić information content (AvgIpc) is 3.01. The molecule has 2 saturated heterocycles. The zero-order valence-corrected chi connectivity index (χ0v) is 9.19. The molecule has 1 aromatic rings. The van der Waals surface area contributed by atoms with Crippen LogP contribution in [0.5, 0.6) is 0 Å².